The van der Waals surface area contributed by atoms with Gasteiger partial charge in [0.25, 0.3) is 11.5 Å². The lowest BCUT2D eigenvalue weighted by Gasteiger charge is -2.32. The van der Waals surface area contributed by atoms with Crippen LogP contribution in [0.2, 0.25) is 0 Å². The Balaban J connectivity index is 1.37. The topological polar surface area (TPSA) is 161 Å². The predicted octanol–water partition coefficient (Wildman–Crippen LogP) is 4.22. The summed E-state index contributed by atoms with van der Waals surface area (Å²) >= 11 is 1.18. The number of nitrogens with zero attached hydrogens (tertiary/aromatic N) is 3. The number of thiophene rings is 1. The molecule has 7 rings (SSSR count). The van der Waals surface area contributed by atoms with Crippen molar-refractivity contribution in [3.05, 3.63) is 68.7 Å². The van der Waals surface area contributed by atoms with E-state index in [2.05, 4.69) is 9.71 Å². The molecular weight excluding hydrogens is 661 g/mol. The van der Waals surface area contributed by atoms with E-state index in [1.165, 1.54) is 35.3 Å². The van der Waals surface area contributed by atoms with E-state index in [1.54, 1.807) is 21.0 Å². The van der Waals surface area contributed by atoms with E-state index >= 15 is 0 Å². The Kier molecular flexibility index (Phi) is 8.37. The lowest BCUT2D eigenvalue weighted by Crippen LogP contribution is -2.48. The minimum Gasteiger partial charge on any atom is -0.496 e. The van der Waals surface area contributed by atoms with Crippen LogP contribution in [-0.2, 0) is 30.8 Å². The number of oxazole rings is 1. The van der Waals surface area contributed by atoms with Crippen molar-refractivity contribution in [3.8, 4) is 16.5 Å². The van der Waals surface area contributed by atoms with Crippen molar-refractivity contribution in [1.82, 2.24) is 18.8 Å². The quantitative estimate of drug-likeness (QED) is 0.240. The summed E-state index contributed by atoms with van der Waals surface area (Å²) in [5, 5.41) is 0.201. The molecule has 2 aliphatic heterocycles. The lowest BCUT2D eigenvalue weighted by atomic mass is 10.0. The SMILES string of the molecule is COc1ccccc1[C@H](Cn1c(=O)n([C@H](C)C(=O)NS(=O)(=O)C2(C)CC2)c(=O)c2c(C)c(-c3ncco3)sc21)OC1C[C@H]2CC[C@H](C1)O2. The average molecular weight is 699 g/mol. The van der Waals surface area contributed by atoms with Gasteiger partial charge in [-0.05, 0) is 70.9 Å². The highest BCUT2D eigenvalue weighted by Gasteiger charge is 2.51. The zero-order chi connectivity index (χ0) is 34.0. The number of amides is 1. The lowest BCUT2D eigenvalue weighted by molar-refractivity contribution is -0.122. The number of methoxy groups -OCH3 is 1. The third kappa shape index (κ3) is 5.69. The fraction of sp³-hybridized carbons (Fsp3) is 0.515. The van der Waals surface area contributed by atoms with Crippen molar-refractivity contribution >= 4 is 37.5 Å². The molecule has 4 aromatic rings. The molecule has 0 spiro atoms. The molecule has 48 heavy (non-hydrogen) atoms. The smallest absolute Gasteiger partial charge is 0.332 e. The Labute approximate surface area is 280 Å². The second kappa shape index (κ2) is 12.3. The van der Waals surface area contributed by atoms with E-state index in [-0.39, 0.29) is 36.1 Å². The molecule has 1 aromatic carbocycles. The van der Waals surface area contributed by atoms with Gasteiger partial charge in [0.2, 0.25) is 15.9 Å². The Bertz CT molecular complexity index is 2080. The van der Waals surface area contributed by atoms with Crippen LogP contribution < -0.4 is 20.7 Å². The zero-order valence-electron chi connectivity index (χ0n) is 27.1. The second-order valence-electron chi connectivity index (χ2n) is 13.2. The molecular formula is C33H38N4O9S2. The van der Waals surface area contributed by atoms with Crippen LogP contribution in [0.4, 0.5) is 0 Å². The Morgan fingerprint density at radius 2 is 1.90 bits per heavy atom. The number of nitrogens with one attached hydrogen (secondary N) is 1. The van der Waals surface area contributed by atoms with Gasteiger partial charge in [0, 0.05) is 5.56 Å². The van der Waals surface area contributed by atoms with Gasteiger partial charge in [0.05, 0.1) is 53.2 Å². The molecule has 1 amide bonds. The third-order valence-electron chi connectivity index (χ3n) is 9.91. The number of aryl methyl sites for hydroxylation is 1. The largest absolute Gasteiger partial charge is 0.496 e. The maximum Gasteiger partial charge on any atom is 0.332 e. The second-order valence-corrected chi connectivity index (χ2v) is 16.4. The van der Waals surface area contributed by atoms with Crippen LogP contribution in [0.3, 0.4) is 0 Å². The fourth-order valence-electron chi connectivity index (χ4n) is 6.78. The van der Waals surface area contributed by atoms with Gasteiger partial charge in [-0.25, -0.2) is 22.8 Å². The average Bonchev–Trinajstić information content (AvgIpc) is 3.35. The van der Waals surface area contributed by atoms with Crippen LogP contribution in [0, 0.1) is 6.92 Å². The zero-order valence-corrected chi connectivity index (χ0v) is 28.8. The van der Waals surface area contributed by atoms with Crippen molar-refractivity contribution in [2.45, 2.75) is 101 Å². The van der Waals surface area contributed by atoms with E-state index in [0.717, 1.165) is 17.4 Å². The maximum absolute atomic E-state index is 14.5. The number of rotatable bonds is 11. The number of carbonyl (C=O) groups excluding carboxylic acids is 1. The molecule has 1 aliphatic carbocycles. The molecule has 2 saturated heterocycles. The number of carbonyl (C=O) groups is 1. The van der Waals surface area contributed by atoms with Crippen molar-refractivity contribution in [1.29, 1.82) is 0 Å². The van der Waals surface area contributed by atoms with Gasteiger partial charge < -0.3 is 18.6 Å². The summed E-state index contributed by atoms with van der Waals surface area (Å²) < 4.78 is 53.4. The standard InChI is InChI=1S/C33H38N4O9S2/c1-18-26-30(39)37(19(2)28(38)35-48(41,42)33(3)11-12-33)32(40)36(31(26)47-27(18)29-34-13-14-44-29)17-25(23-7-5-6-8-24(23)43-4)46-22-15-20-9-10-21(16-22)45-20/h5-8,13-14,19-22,25H,9-12,15-17H2,1-4H3,(H,35,38)/t19-,20-,21-,25+/m1/s1. The molecule has 1 saturated carbocycles. The number of fused-ring (bicyclic) bond motifs is 3. The van der Waals surface area contributed by atoms with Gasteiger partial charge in [-0.3, -0.25) is 18.9 Å². The molecule has 5 heterocycles. The highest BCUT2D eigenvalue weighted by molar-refractivity contribution is 7.91. The number of sulfonamides is 1. The highest BCUT2D eigenvalue weighted by atomic mass is 32.2. The predicted molar refractivity (Wildman–Crippen MR) is 178 cm³/mol. The summed E-state index contributed by atoms with van der Waals surface area (Å²) in [5.41, 5.74) is -0.258. The van der Waals surface area contributed by atoms with E-state index < -0.39 is 44.1 Å². The first-order valence-corrected chi connectivity index (χ1v) is 18.4. The molecule has 13 nitrogen and oxygen atoms in total. The normalized spacial score (nSPS) is 22.8. The van der Waals surface area contributed by atoms with Gasteiger partial charge in [-0.15, -0.1) is 11.3 Å². The van der Waals surface area contributed by atoms with E-state index in [4.69, 9.17) is 18.6 Å². The first-order chi connectivity index (χ1) is 22.9. The van der Waals surface area contributed by atoms with E-state index in [0.29, 0.717) is 52.3 Å². The molecule has 2 bridgehead atoms. The van der Waals surface area contributed by atoms with Gasteiger partial charge in [-0.2, -0.15) is 0 Å². The summed E-state index contributed by atoms with van der Waals surface area (Å²) in [6.07, 6.45) is 6.50. The number of hydrogen-bond acceptors (Lipinski definition) is 11. The summed E-state index contributed by atoms with van der Waals surface area (Å²) in [7, 11) is -2.45. The number of ether oxygens (including phenoxy) is 3. The molecule has 0 unspecified atom stereocenters. The first-order valence-electron chi connectivity index (χ1n) is 16.1. The van der Waals surface area contributed by atoms with Crippen LogP contribution in [0.5, 0.6) is 5.75 Å². The van der Waals surface area contributed by atoms with Crippen molar-refractivity contribution in [2.24, 2.45) is 0 Å². The molecule has 3 aliphatic rings. The summed E-state index contributed by atoms with van der Waals surface area (Å²) in [6, 6.07) is 5.97. The van der Waals surface area contributed by atoms with Crippen molar-refractivity contribution < 1.29 is 31.8 Å². The minimum absolute atomic E-state index is 0.0294. The molecule has 256 valence electrons. The fourth-order valence-corrected chi connectivity index (χ4v) is 9.34. The first kappa shape index (κ1) is 32.7. The summed E-state index contributed by atoms with van der Waals surface area (Å²) in [6.45, 7) is 4.60. The third-order valence-corrected chi connectivity index (χ3v) is 13.4. The number of para-hydroxylation sites is 1. The number of hydrogen-bond donors (Lipinski definition) is 1. The molecule has 3 fully saturated rings. The van der Waals surface area contributed by atoms with Crippen LogP contribution >= 0.6 is 11.3 Å². The minimum atomic E-state index is -4.02. The maximum atomic E-state index is 14.5. The van der Waals surface area contributed by atoms with Crippen molar-refractivity contribution in [3.63, 3.8) is 0 Å². The van der Waals surface area contributed by atoms with E-state index in [1.807, 2.05) is 24.3 Å². The molecule has 15 heteroatoms. The Morgan fingerprint density at radius 3 is 2.54 bits per heavy atom. The van der Waals surface area contributed by atoms with Crippen LogP contribution in [0.25, 0.3) is 21.0 Å². The number of aromatic nitrogens is 3. The number of benzene rings is 1. The molecule has 0 radical (unpaired) electrons. The van der Waals surface area contributed by atoms with Gasteiger partial charge in [0.1, 0.15) is 29.0 Å². The molecule has 1 N–H and O–H groups in total. The molecule has 3 aromatic heterocycles. The van der Waals surface area contributed by atoms with Crippen LogP contribution in [-0.4, -0.2) is 58.6 Å². The van der Waals surface area contributed by atoms with Crippen LogP contribution in [0.1, 0.15) is 75.6 Å². The van der Waals surface area contributed by atoms with Gasteiger partial charge in [0.15, 0.2) is 0 Å². The Morgan fingerprint density at radius 1 is 1.19 bits per heavy atom. The highest BCUT2D eigenvalue weighted by Crippen LogP contribution is 2.43. The van der Waals surface area contributed by atoms with Crippen molar-refractivity contribution in [2.75, 3.05) is 7.11 Å². The van der Waals surface area contributed by atoms with E-state index in [9.17, 15) is 22.8 Å². The molecule has 4 atom stereocenters. The Hall–Kier alpha value is -3.79. The van der Waals surface area contributed by atoms with Gasteiger partial charge in [-0.1, -0.05) is 18.2 Å². The van der Waals surface area contributed by atoms with Gasteiger partial charge >= 0.3 is 5.69 Å². The van der Waals surface area contributed by atoms with Crippen LogP contribution in [0.15, 0.2) is 50.7 Å². The monoisotopic (exact) mass is 698 g/mol. The summed E-state index contributed by atoms with van der Waals surface area (Å²) in [4.78, 5) is 47.3. The summed E-state index contributed by atoms with van der Waals surface area (Å²) in [5.74, 6) is -0.114.